The number of nitrogens with zero attached hydrogens (tertiary/aromatic N) is 1. The van der Waals surface area contributed by atoms with Crippen molar-refractivity contribution in [1.82, 2.24) is 10.2 Å². The van der Waals surface area contributed by atoms with Gasteiger partial charge in [0.2, 0.25) is 0 Å². The van der Waals surface area contributed by atoms with Crippen molar-refractivity contribution in [3.63, 3.8) is 0 Å². The third kappa shape index (κ3) is 6.13. The molecule has 1 amide bonds. The molecule has 26 heavy (non-hydrogen) atoms. The molecular weight excluding hydrogens is 328 g/mol. The van der Waals surface area contributed by atoms with Crippen LogP contribution in [0.5, 0.6) is 0 Å². The Kier molecular flexibility index (Phi) is 7.21. The molecule has 1 aromatic rings. The maximum absolute atomic E-state index is 11.8. The second-order valence-electron chi connectivity index (χ2n) is 7.75. The molecule has 1 N–H and O–H groups in total. The number of Topliss-reactive ketones (excluding diaryl/α,β-unsaturated/α-hetero) is 1. The summed E-state index contributed by atoms with van der Waals surface area (Å²) in [5, 5.41) is 2.70. The lowest BCUT2D eigenvalue weighted by atomic mass is 9.94. The lowest BCUT2D eigenvalue weighted by Gasteiger charge is -2.31. The Balaban J connectivity index is 1.77. The Bertz CT molecular complexity index is 602. The predicted octanol–water partition coefficient (Wildman–Crippen LogP) is 3.90. The van der Waals surface area contributed by atoms with Crippen molar-refractivity contribution >= 4 is 11.9 Å². The van der Waals surface area contributed by atoms with Gasteiger partial charge in [-0.25, -0.2) is 4.79 Å². The van der Waals surface area contributed by atoms with Crippen LogP contribution in [0.25, 0.3) is 0 Å². The van der Waals surface area contributed by atoms with E-state index >= 15 is 0 Å². The van der Waals surface area contributed by atoms with Crippen molar-refractivity contribution in [2.45, 2.75) is 65.6 Å². The van der Waals surface area contributed by atoms with E-state index in [1.54, 1.807) is 13.8 Å². The number of nitrogens with one attached hydrogen (secondary N) is 1. The van der Waals surface area contributed by atoms with Crippen LogP contribution in [-0.4, -0.2) is 35.5 Å². The van der Waals surface area contributed by atoms with Crippen LogP contribution in [0.2, 0.25) is 0 Å². The van der Waals surface area contributed by atoms with Gasteiger partial charge in [0.05, 0.1) is 0 Å². The smallest absolute Gasteiger partial charge is 0.408 e. The number of rotatable bonds is 7. The van der Waals surface area contributed by atoms with Crippen molar-refractivity contribution in [2.75, 3.05) is 13.1 Å². The van der Waals surface area contributed by atoms with E-state index in [0.29, 0.717) is 6.54 Å². The van der Waals surface area contributed by atoms with E-state index in [0.717, 1.165) is 18.0 Å². The molecule has 1 saturated heterocycles. The second-order valence-corrected chi connectivity index (χ2v) is 7.75. The second kappa shape index (κ2) is 9.17. The van der Waals surface area contributed by atoms with Crippen molar-refractivity contribution < 1.29 is 14.3 Å². The molecule has 2 rings (SSSR count). The molecule has 1 aromatic carbocycles. The fraction of sp³-hybridized carbons (Fsp3) is 0.619. The summed E-state index contributed by atoms with van der Waals surface area (Å²) in [4.78, 5) is 25.7. The molecule has 0 unspecified atom stereocenters. The van der Waals surface area contributed by atoms with Crippen LogP contribution in [0, 0.1) is 5.92 Å². The number of carbonyl (C=O) groups excluding carboxylic acids is 2. The standard InChI is InChI=1S/C21H32N2O3/c1-5-17-10-12-23(13-11-17)15-19-8-6-18(7-9-19)14-22-20(25)26-21(3,4)16(2)24/h6-9,17H,5,10-15H2,1-4H3,(H,22,25). The van der Waals surface area contributed by atoms with Gasteiger partial charge in [-0.1, -0.05) is 37.6 Å². The molecule has 0 bridgehead atoms. The average Bonchev–Trinajstić information content (AvgIpc) is 2.61. The van der Waals surface area contributed by atoms with Crippen molar-refractivity contribution in [3.8, 4) is 0 Å². The Morgan fingerprint density at radius 2 is 1.73 bits per heavy atom. The molecule has 0 radical (unpaired) electrons. The summed E-state index contributed by atoms with van der Waals surface area (Å²) in [6, 6.07) is 8.30. The van der Waals surface area contributed by atoms with Gasteiger partial charge in [0, 0.05) is 13.1 Å². The molecule has 1 aliphatic heterocycles. The number of likely N-dealkylation sites (tertiary alicyclic amines) is 1. The molecule has 0 aromatic heterocycles. The fourth-order valence-corrected chi connectivity index (χ4v) is 3.09. The minimum absolute atomic E-state index is 0.181. The largest absolute Gasteiger partial charge is 0.436 e. The summed E-state index contributed by atoms with van der Waals surface area (Å²) in [5.41, 5.74) is 1.21. The number of ether oxygens (including phenoxy) is 1. The molecule has 144 valence electrons. The average molecular weight is 360 g/mol. The highest BCUT2D eigenvalue weighted by Gasteiger charge is 2.28. The molecule has 0 atom stereocenters. The number of ketones is 1. The van der Waals surface area contributed by atoms with Gasteiger partial charge in [-0.2, -0.15) is 0 Å². The summed E-state index contributed by atoms with van der Waals surface area (Å²) >= 11 is 0. The predicted molar refractivity (Wildman–Crippen MR) is 103 cm³/mol. The van der Waals surface area contributed by atoms with E-state index in [4.69, 9.17) is 4.74 Å². The monoisotopic (exact) mass is 360 g/mol. The third-order valence-corrected chi connectivity index (χ3v) is 5.35. The number of amides is 1. The highest BCUT2D eigenvalue weighted by atomic mass is 16.6. The number of piperidine rings is 1. The molecule has 1 fully saturated rings. The molecule has 0 saturated carbocycles. The molecule has 1 aliphatic rings. The first-order valence-corrected chi connectivity index (χ1v) is 9.58. The first-order valence-electron chi connectivity index (χ1n) is 9.58. The van der Waals surface area contributed by atoms with Crippen LogP contribution in [0.1, 0.15) is 58.1 Å². The summed E-state index contributed by atoms with van der Waals surface area (Å²) in [7, 11) is 0. The topological polar surface area (TPSA) is 58.6 Å². The van der Waals surface area contributed by atoms with E-state index in [-0.39, 0.29) is 5.78 Å². The van der Waals surface area contributed by atoms with Gasteiger partial charge in [-0.15, -0.1) is 0 Å². The van der Waals surface area contributed by atoms with E-state index < -0.39 is 11.7 Å². The zero-order chi connectivity index (χ0) is 19.2. The molecule has 1 heterocycles. The lowest BCUT2D eigenvalue weighted by Crippen LogP contribution is -2.39. The molecule has 0 aliphatic carbocycles. The molecular formula is C21H32N2O3. The van der Waals surface area contributed by atoms with Gasteiger partial charge in [-0.3, -0.25) is 9.69 Å². The van der Waals surface area contributed by atoms with Gasteiger partial charge >= 0.3 is 6.09 Å². The van der Waals surface area contributed by atoms with Gasteiger partial charge < -0.3 is 10.1 Å². The summed E-state index contributed by atoms with van der Waals surface area (Å²) < 4.78 is 5.16. The van der Waals surface area contributed by atoms with E-state index in [2.05, 4.69) is 29.3 Å². The van der Waals surface area contributed by atoms with Crippen molar-refractivity contribution in [2.24, 2.45) is 5.92 Å². The van der Waals surface area contributed by atoms with Gasteiger partial charge in [-0.05, 0) is 63.7 Å². The van der Waals surface area contributed by atoms with Crippen LogP contribution in [0.4, 0.5) is 4.79 Å². The zero-order valence-corrected chi connectivity index (χ0v) is 16.5. The first kappa shape index (κ1) is 20.4. The van der Waals surface area contributed by atoms with E-state index in [9.17, 15) is 9.59 Å². The van der Waals surface area contributed by atoms with Gasteiger partial charge in [0.1, 0.15) is 0 Å². The van der Waals surface area contributed by atoms with Gasteiger partial charge in [0.25, 0.3) is 0 Å². The molecule has 0 spiro atoms. The maximum atomic E-state index is 11.8. The van der Waals surface area contributed by atoms with Crippen molar-refractivity contribution in [1.29, 1.82) is 0 Å². The Labute approximate surface area is 157 Å². The zero-order valence-electron chi connectivity index (χ0n) is 16.5. The Morgan fingerprint density at radius 1 is 1.15 bits per heavy atom. The summed E-state index contributed by atoms with van der Waals surface area (Å²) in [5.74, 6) is 0.715. The number of benzene rings is 1. The summed E-state index contributed by atoms with van der Waals surface area (Å²) in [6.07, 6.45) is 3.32. The number of hydrogen-bond acceptors (Lipinski definition) is 4. The number of alkyl carbamates (subject to hydrolysis) is 1. The van der Waals surface area contributed by atoms with Crippen molar-refractivity contribution in [3.05, 3.63) is 35.4 Å². The van der Waals surface area contributed by atoms with Crippen LogP contribution in [0.15, 0.2) is 24.3 Å². The normalized spacial score (nSPS) is 16.3. The maximum Gasteiger partial charge on any atom is 0.408 e. The van der Waals surface area contributed by atoms with Gasteiger partial charge in [0.15, 0.2) is 11.4 Å². The first-order chi connectivity index (χ1) is 12.3. The summed E-state index contributed by atoms with van der Waals surface area (Å²) in [6.45, 7) is 10.6. The molecule has 5 heteroatoms. The third-order valence-electron chi connectivity index (χ3n) is 5.35. The van der Waals surface area contributed by atoms with E-state index in [1.807, 2.05) is 12.1 Å². The van der Waals surface area contributed by atoms with Crippen LogP contribution < -0.4 is 5.32 Å². The number of carbonyl (C=O) groups is 2. The fourth-order valence-electron chi connectivity index (χ4n) is 3.09. The minimum atomic E-state index is -1.10. The highest BCUT2D eigenvalue weighted by molar-refractivity contribution is 5.86. The molecule has 5 nitrogen and oxygen atoms in total. The highest BCUT2D eigenvalue weighted by Crippen LogP contribution is 2.21. The van der Waals surface area contributed by atoms with Crippen LogP contribution >= 0.6 is 0 Å². The van der Waals surface area contributed by atoms with E-state index in [1.165, 1.54) is 44.8 Å². The quantitative estimate of drug-likeness (QED) is 0.801. The SMILES string of the molecule is CCC1CCN(Cc2ccc(CNC(=O)OC(C)(C)C(C)=O)cc2)CC1. The Hall–Kier alpha value is -1.88. The lowest BCUT2D eigenvalue weighted by molar-refractivity contribution is -0.132. The van der Waals surface area contributed by atoms with Crippen LogP contribution in [0.3, 0.4) is 0 Å². The minimum Gasteiger partial charge on any atom is -0.436 e. The number of hydrogen-bond donors (Lipinski definition) is 1. The van der Waals surface area contributed by atoms with Crippen LogP contribution in [-0.2, 0) is 22.6 Å². The Morgan fingerprint density at radius 3 is 2.27 bits per heavy atom.